The van der Waals surface area contributed by atoms with Crippen LogP contribution in [0.5, 0.6) is 0 Å². The molecule has 1 aromatic rings. The van der Waals surface area contributed by atoms with E-state index in [4.69, 9.17) is 4.74 Å². The monoisotopic (exact) mass is 252 g/mol. The van der Waals surface area contributed by atoms with Gasteiger partial charge in [0, 0.05) is 0 Å². The smallest absolute Gasteiger partial charge is 0.311 e. The molecule has 0 fully saturated rings. The normalized spacial score (nSPS) is 15.8. The molecule has 1 N–H and O–H groups in total. The van der Waals surface area contributed by atoms with E-state index in [1.54, 1.807) is 13.8 Å². The van der Waals surface area contributed by atoms with Crippen molar-refractivity contribution in [3.63, 3.8) is 0 Å². The van der Waals surface area contributed by atoms with E-state index in [1.807, 2.05) is 30.3 Å². The fourth-order valence-corrected chi connectivity index (χ4v) is 1.63. The summed E-state index contributed by atoms with van der Waals surface area (Å²) in [4.78, 5) is 11.3. The van der Waals surface area contributed by atoms with E-state index in [-0.39, 0.29) is 0 Å². The molecule has 0 saturated carbocycles. The van der Waals surface area contributed by atoms with Crippen molar-refractivity contribution in [1.82, 2.24) is 0 Å². The van der Waals surface area contributed by atoms with Gasteiger partial charge in [-0.15, -0.1) is 0 Å². The maximum Gasteiger partial charge on any atom is 0.311 e. The van der Waals surface area contributed by atoms with Gasteiger partial charge in [0.15, 0.2) is 0 Å². The predicted octanol–water partition coefficient (Wildman–Crippen LogP) is 1.76. The zero-order valence-corrected chi connectivity index (χ0v) is 11.0. The van der Waals surface area contributed by atoms with Gasteiger partial charge in [-0.3, -0.25) is 4.79 Å². The van der Waals surface area contributed by atoms with E-state index < -0.39 is 24.1 Å². The van der Waals surface area contributed by atoms with Crippen LogP contribution in [-0.4, -0.2) is 30.4 Å². The minimum atomic E-state index is -0.874. The van der Waals surface area contributed by atoms with Crippen molar-refractivity contribution in [2.24, 2.45) is 5.92 Å². The fourth-order valence-electron chi connectivity index (χ4n) is 1.63. The molecule has 0 aliphatic carbocycles. The Kier molecular flexibility index (Phi) is 5.82. The number of rotatable bonds is 6. The number of aliphatic hydroxyl groups excluding tert-OH is 1. The van der Waals surface area contributed by atoms with Crippen LogP contribution in [0.1, 0.15) is 19.4 Å². The van der Waals surface area contributed by atoms with Gasteiger partial charge in [-0.1, -0.05) is 30.3 Å². The van der Waals surface area contributed by atoms with E-state index >= 15 is 0 Å². The van der Waals surface area contributed by atoms with E-state index in [2.05, 4.69) is 4.74 Å². The van der Waals surface area contributed by atoms with Crippen LogP contribution >= 0.6 is 0 Å². The van der Waals surface area contributed by atoms with Crippen LogP contribution in [0.3, 0.4) is 0 Å². The van der Waals surface area contributed by atoms with Crippen molar-refractivity contribution in [3.8, 4) is 0 Å². The Hall–Kier alpha value is -1.39. The lowest BCUT2D eigenvalue weighted by Gasteiger charge is -2.23. The van der Waals surface area contributed by atoms with Crippen LogP contribution in [-0.2, 0) is 20.9 Å². The van der Waals surface area contributed by atoms with Gasteiger partial charge in [-0.2, -0.15) is 0 Å². The lowest BCUT2D eigenvalue weighted by Crippen LogP contribution is -2.36. The zero-order chi connectivity index (χ0) is 13.5. The average molecular weight is 252 g/mol. The van der Waals surface area contributed by atoms with E-state index in [0.29, 0.717) is 6.61 Å². The largest absolute Gasteiger partial charge is 0.469 e. The lowest BCUT2D eigenvalue weighted by atomic mass is 10.0. The first-order chi connectivity index (χ1) is 8.56. The van der Waals surface area contributed by atoms with E-state index in [0.717, 1.165) is 5.56 Å². The summed E-state index contributed by atoms with van der Waals surface area (Å²) in [7, 11) is 1.31. The van der Waals surface area contributed by atoms with Crippen molar-refractivity contribution in [2.45, 2.75) is 32.7 Å². The number of aliphatic hydroxyl groups is 1. The highest BCUT2D eigenvalue weighted by Crippen LogP contribution is 2.13. The van der Waals surface area contributed by atoms with Crippen LogP contribution in [0.4, 0.5) is 0 Å². The summed E-state index contributed by atoms with van der Waals surface area (Å²) in [6.45, 7) is 3.78. The Morgan fingerprint density at radius 1 is 1.28 bits per heavy atom. The van der Waals surface area contributed by atoms with Crippen molar-refractivity contribution >= 4 is 5.97 Å². The van der Waals surface area contributed by atoms with Crippen molar-refractivity contribution in [3.05, 3.63) is 35.9 Å². The van der Waals surface area contributed by atoms with Gasteiger partial charge in [0.1, 0.15) is 0 Å². The van der Waals surface area contributed by atoms with Crippen molar-refractivity contribution < 1.29 is 19.4 Å². The van der Waals surface area contributed by atoms with Gasteiger partial charge in [-0.05, 0) is 19.4 Å². The van der Waals surface area contributed by atoms with Crippen LogP contribution in [0, 0.1) is 5.92 Å². The molecule has 0 amide bonds. The number of methoxy groups -OCH3 is 1. The summed E-state index contributed by atoms with van der Waals surface area (Å²) >= 11 is 0. The summed E-state index contributed by atoms with van der Waals surface area (Å²) < 4.78 is 10.1. The Morgan fingerprint density at radius 2 is 1.89 bits per heavy atom. The minimum absolute atomic E-state index is 0.410. The van der Waals surface area contributed by atoms with Crippen molar-refractivity contribution in [1.29, 1.82) is 0 Å². The molecule has 0 saturated heterocycles. The quantitative estimate of drug-likeness (QED) is 0.784. The molecule has 4 nitrogen and oxygen atoms in total. The molecule has 0 aliphatic rings. The zero-order valence-electron chi connectivity index (χ0n) is 11.0. The van der Waals surface area contributed by atoms with Gasteiger partial charge >= 0.3 is 5.97 Å². The van der Waals surface area contributed by atoms with E-state index in [9.17, 15) is 9.90 Å². The Balaban J connectivity index is 2.45. The van der Waals surface area contributed by atoms with Crippen LogP contribution in [0.25, 0.3) is 0 Å². The molecular formula is C14H20O4. The molecule has 0 spiro atoms. The maximum absolute atomic E-state index is 11.3. The molecular weight excluding hydrogens is 232 g/mol. The first kappa shape index (κ1) is 14.7. The average Bonchev–Trinajstić information content (AvgIpc) is 2.43. The van der Waals surface area contributed by atoms with Crippen LogP contribution in [0.15, 0.2) is 30.3 Å². The molecule has 3 atom stereocenters. The maximum atomic E-state index is 11.3. The van der Waals surface area contributed by atoms with Gasteiger partial charge in [0.2, 0.25) is 0 Å². The molecule has 0 bridgehead atoms. The fraction of sp³-hybridized carbons (Fsp3) is 0.500. The highest BCUT2D eigenvalue weighted by Gasteiger charge is 2.28. The van der Waals surface area contributed by atoms with Crippen LogP contribution in [0.2, 0.25) is 0 Å². The number of carbonyl (C=O) groups excluding carboxylic acids is 1. The highest BCUT2D eigenvalue weighted by molar-refractivity contribution is 5.72. The third-order valence-corrected chi connectivity index (χ3v) is 2.92. The highest BCUT2D eigenvalue weighted by atomic mass is 16.5. The predicted molar refractivity (Wildman–Crippen MR) is 67.9 cm³/mol. The number of hydrogen-bond acceptors (Lipinski definition) is 4. The van der Waals surface area contributed by atoms with Gasteiger partial charge in [-0.25, -0.2) is 0 Å². The molecule has 0 aliphatic heterocycles. The molecule has 0 aromatic heterocycles. The second-order valence-corrected chi connectivity index (χ2v) is 4.30. The Bertz CT molecular complexity index is 363. The van der Waals surface area contributed by atoms with Crippen molar-refractivity contribution in [2.75, 3.05) is 7.11 Å². The van der Waals surface area contributed by atoms with Gasteiger partial charge < -0.3 is 14.6 Å². The summed E-state index contributed by atoms with van der Waals surface area (Å²) in [6, 6.07) is 9.68. The van der Waals surface area contributed by atoms with Gasteiger partial charge in [0.05, 0.1) is 31.8 Å². The summed E-state index contributed by atoms with van der Waals surface area (Å²) in [5, 5.41) is 9.94. The SMILES string of the molecule is COC(=O)[C@H](C)[C@H](O)[C@H](C)OCc1ccccc1. The number of esters is 1. The molecule has 1 rings (SSSR count). The van der Waals surface area contributed by atoms with E-state index in [1.165, 1.54) is 7.11 Å². The number of ether oxygens (including phenoxy) is 2. The molecule has 0 unspecified atom stereocenters. The summed E-state index contributed by atoms with van der Waals surface area (Å²) in [6.07, 6.45) is -1.31. The molecule has 100 valence electrons. The second kappa shape index (κ2) is 7.13. The molecule has 18 heavy (non-hydrogen) atoms. The Labute approximate surface area is 108 Å². The van der Waals surface area contributed by atoms with Gasteiger partial charge in [0.25, 0.3) is 0 Å². The first-order valence-electron chi connectivity index (χ1n) is 5.97. The third-order valence-electron chi connectivity index (χ3n) is 2.92. The number of carbonyl (C=O) groups is 1. The lowest BCUT2D eigenvalue weighted by molar-refractivity contribution is -0.153. The minimum Gasteiger partial charge on any atom is -0.469 e. The standard InChI is InChI=1S/C14H20O4/c1-10(14(16)17-3)13(15)11(2)18-9-12-7-5-4-6-8-12/h4-8,10-11,13,15H,9H2,1-3H3/t10-,11+,13+/m1/s1. The molecule has 1 aromatic carbocycles. The Morgan fingerprint density at radius 3 is 2.44 bits per heavy atom. The summed E-state index contributed by atoms with van der Waals surface area (Å²) in [5.74, 6) is -1.03. The molecule has 0 radical (unpaired) electrons. The number of benzene rings is 1. The molecule has 0 heterocycles. The number of hydrogen-bond donors (Lipinski definition) is 1. The third kappa shape index (κ3) is 4.13. The topological polar surface area (TPSA) is 55.8 Å². The summed E-state index contributed by atoms with van der Waals surface area (Å²) in [5.41, 5.74) is 1.03. The molecule has 4 heteroatoms. The first-order valence-corrected chi connectivity index (χ1v) is 5.97. The van der Waals surface area contributed by atoms with Crippen LogP contribution < -0.4 is 0 Å². The second-order valence-electron chi connectivity index (χ2n) is 4.30.